The van der Waals surface area contributed by atoms with Gasteiger partial charge >= 0.3 is 5.97 Å². The molecule has 1 aliphatic rings. The van der Waals surface area contributed by atoms with Crippen molar-refractivity contribution >= 4 is 11.9 Å². The minimum absolute atomic E-state index is 0.00154. The quantitative estimate of drug-likeness (QED) is 0.846. The van der Waals surface area contributed by atoms with E-state index in [1.807, 2.05) is 30.3 Å². The van der Waals surface area contributed by atoms with E-state index in [1.165, 1.54) is 0 Å². The van der Waals surface area contributed by atoms with Crippen molar-refractivity contribution in [2.45, 2.75) is 51.0 Å². The number of rotatable bonds is 6. The Balaban J connectivity index is 1.98. The van der Waals surface area contributed by atoms with Gasteiger partial charge in [-0.3, -0.25) is 9.59 Å². The summed E-state index contributed by atoms with van der Waals surface area (Å²) < 4.78 is 0. The van der Waals surface area contributed by atoms with Gasteiger partial charge in [0.2, 0.25) is 5.91 Å². The van der Waals surface area contributed by atoms with Gasteiger partial charge in [-0.1, -0.05) is 43.7 Å². The highest BCUT2D eigenvalue weighted by Gasteiger charge is 2.32. The monoisotopic (exact) mass is 289 g/mol. The fourth-order valence-corrected chi connectivity index (χ4v) is 3.06. The summed E-state index contributed by atoms with van der Waals surface area (Å²) in [4.78, 5) is 23.5. The van der Waals surface area contributed by atoms with Gasteiger partial charge in [0, 0.05) is 6.04 Å². The summed E-state index contributed by atoms with van der Waals surface area (Å²) in [7, 11) is 0. The molecule has 0 spiro atoms. The molecule has 1 aliphatic carbocycles. The Bertz CT molecular complexity index is 486. The summed E-state index contributed by atoms with van der Waals surface area (Å²) in [5, 5.41) is 12.1. The summed E-state index contributed by atoms with van der Waals surface area (Å²) >= 11 is 0. The van der Waals surface area contributed by atoms with Gasteiger partial charge < -0.3 is 10.4 Å². The van der Waals surface area contributed by atoms with Gasteiger partial charge in [-0.2, -0.15) is 0 Å². The van der Waals surface area contributed by atoms with Crippen LogP contribution in [0.25, 0.3) is 0 Å². The maximum absolute atomic E-state index is 12.5. The second-order valence-electron chi connectivity index (χ2n) is 5.81. The van der Waals surface area contributed by atoms with E-state index < -0.39 is 5.97 Å². The first-order chi connectivity index (χ1) is 10.1. The zero-order valence-corrected chi connectivity index (χ0v) is 12.4. The van der Waals surface area contributed by atoms with Crippen LogP contribution in [-0.2, 0) is 9.59 Å². The predicted octanol–water partition coefficient (Wildman–Crippen LogP) is 2.94. The number of carboxylic acids is 1. The topological polar surface area (TPSA) is 66.4 Å². The molecule has 3 atom stereocenters. The van der Waals surface area contributed by atoms with Crippen LogP contribution in [-0.4, -0.2) is 23.0 Å². The number of carbonyl (C=O) groups excluding carboxylic acids is 1. The Morgan fingerprint density at radius 1 is 1.29 bits per heavy atom. The van der Waals surface area contributed by atoms with E-state index in [9.17, 15) is 9.59 Å². The average Bonchev–Trinajstić information content (AvgIpc) is 2.94. The highest BCUT2D eigenvalue weighted by Crippen LogP contribution is 2.27. The van der Waals surface area contributed by atoms with Crippen LogP contribution in [0.15, 0.2) is 30.3 Å². The number of aliphatic carboxylic acids is 1. The summed E-state index contributed by atoms with van der Waals surface area (Å²) in [6.07, 6.45) is 3.72. The number of carboxylic acid groups (broad SMARTS) is 1. The summed E-state index contributed by atoms with van der Waals surface area (Å²) in [6, 6.07) is 9.80. The Morgan fingerprint density at radius 2 is 2.00 bits per heavy atom. The third-order valence-corrected chi connectivity index (χ3v) is 4.22. The zero-order chi connectivity index (χ0) is 15.2. The van der Waals surface area contributed by atoms with Crippen molar-refractivity contribution in [3.05, 3.63) is 35.9 Å². The van der Waals surface area contributed by atoms with Gasteiger partial charge in [0.15, 0.2) is 0 Å². The Labute approximate surface area is 125 Å². The van der Waals surface area contributed by atoms with Crippen LogP contribution in [0, 0.1) is 5.92 Å². The lowest BCUT2D eigenvalue weighted by molar-refractivity contribution is -0.141. The summed E-state index contributed by atoms with van der Waals surface area (Å²) in [6.45, 7) is 2.07. The van der Waals surface area contributed by atoms with Gasteiger partial charge in [0.25, 0.3) is 0 Å². The van der Waals surface area contributed by atoms with Crippen LogP contribution in [0.3, 0.4) is 0 Å². The van der Waals surface area contributed by atoms with Gasteiger partial charge in [0.1, 0.15) is 0 Å². The predicted molar refractivity (Wildman–Crippen MR) is 81.0 cm³/mol. The SMILES string of the molecule is CCCC(C(=O)N[C@@H]1CC[C@H](C(=O)O)C1)c1ccccc1. The first-order valence-electron chi connectivity index (χ1n) is 7.70. The van der Waals surface area contributed by atoms with E-state index in [1.54, 1.807) is 0 Å². The second-order valence-corrected chi connectivity index (χ2v) is 5.81. The van der Waals surface area contributed by atoms with Crippen LogP contribution in [0.4, 0.5) is 0 Å². The molecule has 0 heterocycles. The summed E-state index contributed by atoms with van der Waals surface area (Å²) in [5.41, 5.74) is 1.03. The highest BCUT2D eigenvalue weighted by molar-refractivity contribution is 5.84. The van der Waals surface area contributed by atoms with Crippen LogP contribution in [0.1, 0.15) is 50.5 Å². The van der Waals surface area contributed by atoms with Crippen molar-refractivity contribution in [1.82, 2.24) is 5.32 Å². The molecule has 0 saturated heterocycles. The number of hydrogen-bond acceptors (Lipinski definition) is 2. The average molecular weight is 289 g/mol. The standard InChI is InChI=1S/C17H23NO3/c1-2-6-15(12-7-4-3-5-8-12)16(19)18-14-10-9-13(11-14)17(20)21/h3-5,7-8,13-15H,2,6,9-11H2,1H3,(H,18,19)(H,20,21)/t13-,14+,15?/m0/s1. The third kappa shape index (κ3) is 4.06. The molecule has 2 N–H and O–H groups in total. The van der Waals surface area contributed by atoms with Gasteiger partial charge in [0.05, 0.1) is 11.8 Å². The smallest absolute Gasteiger partial charge is 0.306 e. The zero-order valence-electron chi connectivity index (χ0n) is 12.4. The lowest BCUT2D eigenvalue weighted by Gasteiger charge is -2.20. The molecule has 1 unspecified atom stereocenters. The Kier molecular flexibility index (Phi) is 5.37. The van der Waals surface area contributed by atoms with Crippen molar-refractivity contribution < 1.29 is 14.7 Å². The minimum atomic E-state index is -0.750. The number of nitrogens with one attached hydrogen (secondary N) is 1. The molecule has 4 nitrogen and oxygen atoms in total. The van der Waals surface area contributed by atoms with Crippen LogP contribution < -0.4 is 5.32 Å². The van der Waals surface area contributed by atoms with Crippen molar-refractivity contribution in [2.24, 2.45) is 5.92 Å². The van der Waals surface area contributed by atoms with E-state index >= 15 is 0 Å². The maximum atomic E-state index is 12.5. The molecule has 1 fully saturated rings. The third-order valence-electron chi connectivity index (χ3n) is 4.22. The normalized spacial score (nSPS) is 22.7. The first kappa shape index (κ1) is 15.5. The molecular weight excluding hydrogens is 266 g/mol. The number of benzene rings is 1. The number of carbonyl (C=O) groups is 2. The highest BCUT2D eigenvalue weighted by atomic mass is 16.4. The molecule has 0 bridgehead atoms. The van der Waals surface area contributed by atoms with Crippen molar-refractivity contribution in [3.63, 3.8) is 0 Å². The lowest BCUT2D eigenvalue weighted by Crippen LogP contribution is -2.37. The van der Waals surface area contributed by atoms with Gasteiger partial charge in [-0.25, -0.2) is 0 Å². The van der Waals surface area contributed by atoms with Crippen molar-refractivity contribution in [2.75, 3.05) is 0 Å². The molecule has 1 saturated carbocycles. The largest absolute Gasteiger partial charge is 0.481 e. The van der Waals surface area contributed by atoms with E-state index in [0.717, 1.165) is 24.8 Å². The molecule has 4 heteroatoms. The summed E-state index contributed by atoms with van der Waals surface area (Å²) in [5.74, 6) is -1.17. The van der Waals surface area contributed by atoms with Crippen LogP contribution in [0.2, 0.25) is 0 Å². The fourth-order valence-electron chi connectivity index (χ4n) is 3.06. The molecular formula is C17H23NO3. The Hall–Kier alpha value is -1.84. The second kappa shape index (κ2) is 7.25. The van der Waals surface area contributed by atoms with E-state index in [2.05, 4.69) is 12.2 Å². The molecule has 0 aromatic heterocycles. The van der Waals surface area contributed by atoms with E-state index in [0.29, 0.717) is 12.8 Å². The van der Waals surface area contributed by atoms with Crippen molar-refractivity contribution in [3.8, 4) is 0 Å². The molecule has 21 heavy (non-hydrogen) atoms. The minimum Gasteiger partial charge on any atom is -0.481 e. The maximum Gasteiger partial charge on any atom is 0.306 e. The van der Waals surface area contributed by atoms with Gasteiger partial charge in [-0.15, -0.1) is 0 Å². The molecule has 0 radical (unpaired) electrons. The molecule has 1 aromatic rings. The fraction of sp³-hybridized carbons (Fsp3) is 0.529. The number of amides is 1. The molecule has 2 rings (SSSR count). The van der Waals surface area contributed by atoms with E-state index in [-0.39, 0.29) is 23.8 Å². The van der Waals surface area contributed by atoms with E-state index in [4.69, 9.17) is 5.11 Å². The van der Waals surface area contributed by atoms with Crippen molar-refractivity contribution in [1.29, 1.82) is 0 Å². The lowest BCUT2D eigenvalue weighted by atomic mass is 9.93. The van der Waals surface area contributed by atoms with Crippen LogP contribution >= 0.6 is 0 Å². The molecule has 1 amide bonds. The van der Waals surface area contributed by atoms with Gasteiger partial charge in [-0.05, 0) is 31.2 Å². The first-order valence-corrected chi connectivity index (χ1v) is 7.70. The van der Waals surface area contributed by atoms with Crippen LogP contribution in [0.5, 0.6) is 0 Å². The Morgan fingerprint density at radius 3 is 2.57 bits per heavy atom. The molecule has 114 valence electrons. The molecule has 0 aliphatic heterocycles. The molecule has 1 aromatic carbocycles. The number of hydrogen-bond donors (Lipinski definition) is 2.